The first-order valence-corrected chi connectivity index (χ1v) is 3.50. The Morgan fingerprint density at radius 1 is 1.64 bits per heavy atom. The van der Waals surface area contributed by atoms with Crippen LogP contribution in [0.3, 0.4) is 0 Å². The maximum Gasteiger partial charge on any atom is 0.253 e. The first kappa shape index (κ1) is 6.54. The van der Waals surface area contributed by atoms with E-state index >= 15 is 0 Å². The number of nitrogens with zero attached hydrogens (tertiary/aromatic N) is 2. The van der Waals surface area contributed by atoms with Crippen molar-refractivity contribution in [1.82, 2.24) is 9.55 Å². The molecule has 11 heavy (non-hydrogen) atoms. The number of hydrogen-bond acceptors (Lipinski definition) is 3. The summed E-state index contributed by atoms with van der Waals surface area (Å²) in [5.74, 6) is 0.726. The van der Waals surface area contributed by atoms with Crippen molar-refractivity contribution in [3.05, 3.63) is 28.4 Å². The molecule has 0 unspecified atom stereocenters. The number of aromatic nitrogens is 2. The third kappa shape index (κ3) is 1.05. The van der Waals surface area contributed by atoms with Crippen LogP contribution in [0.15, 0.2) is 17.1 Å². The predicted octanol–water partition coefficient (Wildman–Crippen LogP) is -0.226. The maximum atomic E-state index is 11.1. The molecule has 1 aromatic heterocycles. The number of rotatable bonds is 0. The topological polar surface area (TPSA) is 44.1 Å². The van der Waals surface area contributed by atoms with Crippen molar-refractivity contribution < 1.29 is 4.74 Å². The van der Waals surface area contributed by atoms with E-state index in [1.165, 1.54) is 12.3 Å². The Morgan fingerprint density at radius 2 is 2.55 bits per heavy atom. The third-order valence-electron chi connectivity index (χ3n) is 1.71. The van der Waals surface area contributed by atoms with Gasteiger partial charge in [-0.3, -0.25) is 9.36 Å². The molecule has 0 aromatic carbocycles. The summed E-state index contributed by atoms with van der Waals surface area (Å²) in [6, 6.07) is 1.47. The van der Waals surface area contributed by atoms with Crippen LogP contribution in [0.25, 0.3) is 0 Å². The lowest BCUT2D eigenvalue weighted by atomic mass is 10.4. The highest BCUT2D eigenvalue weighted by atomic mass is 16.5. The van der Waals surface area contributed by atoms with Crippen LogP contribution < -0.4 is 5.56 Å². The van der Waals surface area contributed by atoms with E-state index in [-0.39, 0.29) is 5.56 Å². The average Bonchev–Trinajstić information content (AvgIpc) is 2.06. The first-order valence-electron chi connectivity index (χ1n) is 3.50. The Morgan fingerprint density at radius 3 is 3.36 bits per heavy atom. The Hall–Kier alpha value is -1.16. The molecule has 1 aromatic rings. The highest BCUT2D eigenvalue weighted by molar-refractivity contribution is 4.93. The molecule has 2 rings (SSSR count). The lowest BCUT2D eigenvalue weighted by Gasteiger charge is -2.16. The van der Waals surface area contributed by atoms with Crippen LogP contribution in [0.4, 0.5) is 0 Å². The molecule has 0 aliphatic carbocycles. The van der Waals surface area contributed by atoms with E-state index in [9.17, 15) is 4.79 Å². The predicted molar refractivity (Wildman–Crippen MR) is 38.2 cm³/mol. The van der Waals surface area contributed by atoms with E-state index in [2.05, 4.69) is 4.98 Å². The monoisotopic (exact) mass is 152 g/mol. The molecule has 0 amide bonds. The van der Waals surface area contributed by atoms with Gasteiger partial charge in [0.05, 0.1) is 13.2 Å². The van der Waals surface area contributed by atoms with Crippen molar-refractivity contribution in [3.8, 4) is 0 Å². The second kappa shape index (κ2) is 2.47. The van der Waals surface area contributed by atoms with Gasteiger partial charge in [0.1, 0.15) is 12.4 Å². The van der Waals surface area contributed by atoms with E-state index in [1.807, 2.05) is 0 Å². The molecule has 0 saturated carbocycles. The van der Waals surface area contributed by atoms with Crippen molar-refractivity contribution in [2.45, 2.75) is 13.2 Å². The van der Waals surface area contributed by atoms with E-state index < -0.39 is 0 Å². The van der Waals surface area contributed by atoms with Gasteiger partial charge in [0.2, 0.25) is 0 Å². The normalized spacial score (nSPS) is 16.0. The molecule has 2 heterocycles. The molecule has 0 atom stereocenters. The zero-order valence-corrected chi connectivity index (χ0v) is 5.99. The molecule has 0 saturated heterocycles. The summed E-state index contributed by atoms with van der Waals surface area (Å²) in [4.78, 5) is 15.1. The van der Waals surface area contributed by atoms with Crippen molar-refractivity contribution >= 4 is 0 Å². The van der Waals surface area contributed by atoms with Crippen LogP contribution in [0.2, 0.25) is 0 Å². The lowest BCUT2D eigenvalue weighted by molar-refractivity contribution is 0.0781. The van der Waals surface area contributed by atoms with Crippen molar-refractivity contribution in [2.24, 2.45) is 0 Å². The SMILES string of the molecule is O=c1ccnc2n1CCOC2. The maximum absolute atomic E-state index is 11.1. The smallest absolute Gasteiger partial charge is 0.253 e. The fourth-order valence-corrected chi connectivity index (χ4v) is 1.15. The van der Waals surface area contributed by atoms with Crippen molar-refractivity contribution in [3.63, 3.8) is 0 Å². The van der Waals surface area contributed by atoms with Gasteiger partial charge in [-0.1, -0.05) is 0 Å². The summed E-state index contributed by atoms with van der Waals surface area (Å²) < 4.78 is 6.77. The van der Waals surface area contributed by atoms with Gasteiger partial charge in [0, 0.05) is 12.3 Å². The molecule has 0 bridgehead atoms. The zero-order chi connectivity index (χ0) is 7.68. The molecular weight excluding hydrogens is 144 g/mol. The Kier molecular flexibility index (Phi) is 1.47. The molecule has 1 aliphatic heterocycles. The third-order valence-corrected chi connectivity index (χ3v) is 1.71. The van der Waals surface area contributed by atoms with E-state index in [0.29, 0.717) is 19.8 Å². The zero-order valence-electron chi connectivity index (χ0n) is 5.99. The van der Waals surface area contributed by atoms with Crippen molar-refractivity contribution in [2.75, 3.05) is 6.61 Å². The minimum Gasteiger partial charge on any atom is -0.372 e. The van der Waals surface area contributed by atoms with Gasteiger partial charge in [-0.15, -0.1) is 0 Å². The van der Waals surface area contributed by atoms with Crippen LogP contribution >= 0.6 is 0 Å². The molecule has 4 heteroatoms. The van der Waals surface area contributed by atoms with E-state index in [0.717, 1.165) is 5.82 Å². The van der Waals surface area contributed by atoms with Crippen LogP contribution in [0.5, 0.6) is 0 Å². The van der Waals surface area contributed by atoms with Gasteiger partial charge in [0.15, 0.2) is 0 Å². The molecule has 4 nitrogen and oxygen atoms in total. The summed E-state index contributed by atoms with van der Waals surface area (Å²) in [5, 5.41) is 0. The summed E-state index contributed by atoms with van der Waals surface area (Å²) in [7, 11) is 0. The largest absolute Gasteiger partial charge is 0.372 e. The molecule has 0 spiro atoms. The average molecular weight is 152 g/mol. The minimum absolute atomic E-state index is 0.0123. The summed E-state index contributed by atoms with van der Waals surface area (Å²) >= 11 is 0. The minimum atomic E-state index is 0.0123. The molecular formula is C7H8N2O2. The Balaban J connectivity index is 2.58. The second-order valence-corrected chi connectivity index (χ2v) is 2.40. The summed E-state index contributed by atoms with van der Waals surface area (Å²) in [5.41, 5.74) is 0.0123. The molecule has 0 fully saturated rings. The lowest BCUT2D eigenvalue weighted by Crippen LogP contribution is -2.29. The van der Waals surface area contributed by atoms with E-state index in [4.69, 9.17) is 4.74 Å². The van der Waals surface area contributed by atoms with Gasteiger partial charge in [-0.25, -0.2) is 4.98 Å². The number of hydrogen-bond donors (Lipinski definition) is 0. The van der Waals surface area contributed by atoms with Gasteiger partial charge >= 0.3 is 0 Å². The van der Waals surface area contributed by atoms with Crippen LogP contribution in [-0.4, -0.2) is 16.2 Å². The second-order valence-electron chi connectivity index (χ2n) is 2.40. The summed E-state index contributed by atoms with van der Waals surface area (Å²) in [6.45, 7) is 1.69. The van der Waals surface area contributed by atoms with E-state index in [1.54, 1.807) is 4.57 Å². The quantitative estimate of drug-likeness (QED) is 0.516. The van der Waals surface area contributed by atoms with Gasteiger partial charge in [-0.05, 0) is 0 Å². The van der Waals surface area contributed by atoms with Crippen LogP contribution in [-0.2, 0) is 17.9 Å². The fraction of sp³-hybridized carbons (Fsp3) is 0.429. The van der Waals surface area contributed by atoms with Gasteiger partial charge in [-0.2, -0.15) is 0 Å². The van der Waals surface area contributed by atoms with Crippen LogP contribution in [0, 0.1) is 0 Å². The highest BCUT2D eigenvalue weighted by Gasteiger charge is 2.09. The number of ether oxygens (including phenoxy) is 1. The highest BCUT2D eigenvalue weighted by Crippen LogP contribution is 2.00. The molecule has 0 N–H and O–H groups in total. The Bertz CT molecular complexity index is 318. The molecule has 1 aliphatic rings. The number of fused-ring (bicyclic) bond motifs is 1. The first-order chi connectivity index (χ1) is 5.38. The Labute approximate surface area is 63.4 Å². The van der Waals surface area contributed by atoms with Crippen molar-refractivity contribution in [1.29, 1.82) is 0 Å². The van der Waals surface area contributed by atoms with Gasteiger partial charge in [0.25, 0.3) is 5.56 Å². The van der Waals surface area contributed by atoms with Gasteiger partial charge < -0.3 is 4.74 Å². The molecule has 0 radical (unpaired) electrons. The standard InChI is InChI=1S/C7H8N2O2/c10-7-1-2-8-6-5-11-4-3-9(6)7/h1-2H,3-5H2. The van der Waals surface area contributed by atoms with Crippen LogP contribution in [0.1, 0.15) is 5.82 Å². The fourth-order valence-electron chi connectivity index (χ4n) is 1.15. The molecule has 58 valence electrons. The summed E-state index contributed by atoms with van der Waals surface area (Å²) in [6.07, 6.45) is 1.52.